The molecule has 0 heterocycles. The Labute approximate surface area is 175 Å². The van der Waals surface area contributed by atoms with E-state index in [-0.39, 0.29) is 16.9 Å². The SMILES string of the molecule is COc1cccc2c1C(=O)C1=C(C2=O)C(=O)C2C[C@@](O)(C(C)=O)C[C@H](O)C2C1[N+](=O)[O-]. The third-order valence-corrected chi connectivity index (χ3v) is 6.60. The van der Waals surface area contributed by atoms with E-state index in [1.807, 2.05) is 0 Å². The van der Waals surface area contributed by atoms with Gasteiger partial charge in [-0.05, 0) is 19.4 Å². The normalized spacial score (nSPS) is 32.2. The fourth-order valence-electron chi connectivity index (χ4n) is 5.10. The van der Waals surface area contributed by atoms with Crippen molar-refractivity contribution in [3.63, 3.8) is 0 Å². The van der Waals surface area contributed by atoms with Crippen LogP contribution < -0.4 is 4.74 Å². The number of carbonyl (C=O) groups is 4. The molecule has 1 aromatic carbocycles. The van der Waals surface area contributed by atoms with Crippen LogP contribution in [0.25, 0.3) is 0 Å². The van der Waals surface area contributed by atoms with Crippen molar-refractivity contribution >= 4 is 23.1 Å². The Morgan fingerprint density at radius 1 is 1.23 bits per heavy atom. The lowest BCUT2D eigenvalue weighted by Crippen LogP contribution is -2.60. The maximum Gasteiger partial charge on any atom is 0.248 e. The summed E-state index contributed by atoms with van der Waals surface area (Å²) in [6, 6.07) is 2.35. The molecule has 0 amide bonds. The van der Waals surface area contributed by atoms with Gasteiger partial charge in [0.05, 0.1) is 35.8 Å². The number of aliphatic hydroxyl groups excluding tert-OH is 1. The molecule has 162 valence electrons. The number of ether oxygens (including phenoxy) is 1. The first-order valence-electron chi connectivity index (χ1n) is 9.63. The van der Waals surface area contributed by atoms with E-state index in [2.05, 4.69) is 0 Å². The molecule has 2 N–H and O–H groups in total. The van der Waals surface area contributed by atoms with Crippen LogP contribution in [-0.2, 0) is 9.59 Å². The molecule has 4 rings (SSSR count). The number of allylic oxidation sites excluding steroid dienone is 1. The summed E-state index contributed by atoms with van der Waals surface area (Å²) in [6.45, 7) is 1.09. The van der Waals surface area contributed by atoms with Crippen LogP contribution in [0.5, 0.6) is 5.75 Å². The Kier molecular flexibility index (Phi) is 4.67. The molecule has 10 heteroatoms. The Balaban J connectivity index is 1.95. The van der Waals surface area contributed by atoms with Gasteiger partial charge >= 0.3 is 0 Å². The lowest BCUT2D eigenvalue weighted by Gasteiger charge is -2.46. The molecular formula is C21H19NO9. The van der Waals surface area contributed by atoms with Gasteiger partial charge in [0.25, 0.3) is 0 Å². The van der Waals surface area contributed by atoms with Crippen molar-refractivity contribution in [3.05, 3.63) is 50.6 Å². The van der Waals surface area contributed by atoms with Crippen molar-refractivity contribution in [1.29, 1.82) is 0 Å². The number of hydrogen-bond donors (Lipinski definition) is 2. The zero-order valence-electron chi connectivity index (χ0n) is 16.7. The summed E-state index contributed by atoms with van der Waals surface area (Å²) in [5, 5.41) is 33.3. The molecule has 0 saturated heterocycles. The van der Waals surface area contributed by atoms with Crippen LogP contribution in [0, 0.1) is 22.0 Å². The highest BCUT2D eigenvalue weighted by molar-refractivity contribution is 6.38. The standard InChI is InChI=1S/C21H19NO9/c1-8(23)21(28)6-10-13(11(24)7-21)17(22(29)30)15-16(19(10)26)18(25)9-4-3-5-12(31-2)14(9)20(15)27/h3-5,10-11,13,17,24,28H,6-7H2,1-2H3/t10?,11-,13?,17?,21-/m0/s1. The lowest BCUT2D eigenvalue weighted by molar-refractivity contribution is -0.526. The lowest BCUT2D eigenvalue weighted by atomic mass is 9.58. The van der Waals surface area contributed by atoms with Crippen molar-refractivity contribution in [2.75, 3.05) is 7.11 Å². The zero-order chi connectivity index (χ0) is 22.8. The minimum atomic E-state index is -2.06. The molecule has 3 unspecified atom stereocenters. The van der Waals surface area contributed by atoms with Crippen LogP contribution in [0.1, 0.15) is 40.5 Å². The van der Waals surface area contributed by atoms with E-state index in [1.165, 1.54) is 25.3 Å². The van der Waals surface area contributed by atoms with Crippen molar-refractivity contribution in [2.45, 2.75) is 37.5 Å². The first-order valence-corrected chi connectivity index (χ1v) is 9.63. The van der Waals surface area contributed by atoms with Gasteiger partial charge in [-0.2, -0.15) is 0 Å². The van der Waals surface area contributed by atoms with Gasteiger partial charge < -0.3 is 14.9 Å². The van der Waals surface area contributed by atoms with E-state index in [0.717, 1.165) is 6.92 Å². The third kappa shape index (κ3) is 2.78. The zero-order valence-corrected chi connectivity index (χ0v) is 16.7. The van der Waals surface area contributed by atoms with Crippen molar-refractivity contribution in [1.82, 2.24) is 0 Å². The number of Topliss-reactive ketones (excluding diaryl/α,β-unsaturated/α-hetero) is 4. The number of nitrogens with zero attached hydrogens (tertiary/aromatic N) is 1. The molecule has 5 atom stereocenters. The van der Waals surface area contributed by atoms with Gasteiger partial charge in [0.2, 0.25) is 11.8 Å². The van der Waals surface area contributed by atoms with Gasteiger partial charge in [-0.15, -0.1) is 0 Å². The van der Waals surface area contributed by atoms with Crippen LogP contribution in [0.3, 0.4) is 0 Å². The smallest absolute Gasteiger partial charge is 0.248 e. The summed E-state index contributed by atoms with van der Waals surface area (Å²) < 4.78 is 5.14. The van der Waals surface area contributed by atoms with Crippen molar-refractivity contribution < 1.29 is 39.1 Å². The number of aliphatic hydroxyl groups is 2. The second-order valence-electron chi connectivity index (χ2n) is 8.17. The van der Waals surface area contributed by atoms with E-state index in [4.69, 9.17) is 4.74 Å². The summed E-state index contributed by atoms with van der Waals surface area (Å²) in [5.41, 5.74) is -3.54. The predicted octanol–water partition coefficient (Wildman–Crippen LogP) is 0.306. The van der Waals surface area contributed by atoms with Gasteiger partial charge in [0.15, 0.2) is 17.3 Å². The van der Waals surface area contributed by atoms with E-state index >= 15 is 0 Å². The second-order valence-corrected chi connectivity index (χ2v) is 8.17. The van der Waals surface area contributed by atoms with Crippen LogP contribution >= 0.6 is 0 Å². The molecule has 10 nitrogen and oxygen atoms in total. The molecule has 31 heavy (non-hydrogen) atoms. The summed E-state index contributed by atoms with van der Waals surface area (Å²) in [6.07, 6.45) is -2.59. The van der Waals surface area contributed by atoms with Crippen molar-refractivity contribution in [2.24, 2.45) is 11.8 Å². The summed E-state index contributed by atoms with van der Waals surface area (Å²) in [7, 11) is 1.28. The molecule has 0 bridgehead atoms. The third-order valence-electron chi connectivity index (χ3n) is 6.60. The largest absolute Gasteiger partial charge is 0.496 e. The summed E-state index contributed by atoms with van der Waals surface area (Å²) in [5.74, 6) is -6.01. The van der Waals surface area contributed by atoms with Crippen LogP contribution in [0.15, 0.2) is 29.3 Å². The summed E-state index contributed by atoms with van der Waals surface area (Å²) in [4.78, 5) is 63.0. The fraction of sp³-hybridized carbons (Fsp3) is 0.429. The maximum atomic E-state index is 13.3. The molecule has 3 aliphatic rings. The number of methoxy groups -OCH3 is 1. The quantitative estimate of drug-likeness (QED) is 0.391. The fourth-order valence-corrected chi connectivity index (χ4v) is 5.10. The van der Waals surface area contributed by atoms with E-state index < -0.39 is 81.6 Å². The molecule has 1 aromatic rings. The topological polar surface area (TPSA) is 161 Å². The van der Waals surface area contributed by atoms with E-state index in [9.17, 15) is 39.5 Å². The highest BCUT2D eigenvalue weighted by Crippen LogP contribution is 2.49. The number of ketones is 4. The Bertz CT molecular complexity index is 1100. The number of rotatable bonds is 3. The monoisotopic (exact) mass is 429 g/mol. The minimum absolute atomic E-state index is 0.0363. The van der Waals surface area contributed by atoms with Crippen LogP contribution in [0.4, 0.5) is 0 Å². The number of nitro groups is 1. The average molecular weight is 429 g/mol. The Morgan fingerprint density at radius 3 is 2.48 bits per heavy atom. The first kappa shape index (κ1) is 21.0. The predicted molar refractivity (Wildman–Crippen MR) is 102 cm³/mol. The molecule has 0 aromatic heterocycles. The van der Waals surface area contributed by atoms with Crippen LogP contribution in [-0.4, -0.2) is 63.1 Å². The molecular weight excluding hydrogens is 410 g/mol. The Morgan fingerprint density at radius 2 is 1.90 bits per heavy atom. The molecule has 1 fully saturated rings. The molecule has 0 spiro atoms. The van der Waals surface area contributed by atoms with E-state index in [0.29, 0.717) is 0 Å². The van der Waals surface area contributed by atoms with Gasteiger partial charge in [-0.1, -0.05) is 12.1 Å². The van der Waals surface area contributed by atoms with Gasteiger partial charge in [-0.25, -0.2) is 0 Å². The number of fused-ring (bicyclic) bond motifs is 2. The number of carbonyl (C=O) groups excluding carboxylic acids is 4. The molecule has 3 aliphatic carbocycles. The first-order chi connectivity index (χ1) is 14.5. The van der Waals surface area contributed by atoms with Gasteiger partial charge in [-0.3, -0.25) is 29.3 Å². The number of hydrogen-bond acceptors (Lipinski definition) is 9. The molecule has 0 aliphatic heterocycles. The average Bonchev–Trinajstić information content (AvgIpc) is 2.71. The van der Waals surface area contributed by atoms with Crippen LogP contribution in [0.2, 0.25) is 0 Å². The maximum absolute atomic E-state index is 13.3. The molecule has 0 radical (unpaired) electrons. The van der Waals surface area contributed by atoms with Crippen molar-refractivity contribution in [3.8, 4) is 5.75 Å². The van der Waals surface area contributed by atoms with Gasteiger partial charge in [0.1, 0.15) is 11.4 Å². The van der Waals surface area contributed by atoms with Gasteiger partial charge in [0, 0.05) is 22.8 Å². The second kappa shape index (κ2) is 6.89. The Hall–Kier alpha value is -3.24. The molecule has 1 saturated carbocycles. The summed E-state index contributed by atoms with van der Waals surface area (Å²) >= 11 is 0. The minimum Gasteiger partial charge on any atom is -0.496 e. The highest BCUT2D eigenvalue weighted by atomic mass is 16.6. The number of benzene rings is 1. The van der Waals surface area contributed by atoms with E-state index in [1.54, 1.807) is 0 Å². The highest BCUT2D eigenvalue weighted by Gasteiger charge is 2.62.